The standard InChI is InChI=1S/C21H18N6.C2H6/c1-3-14-6-8-15(9-7-14)27-20(16-5-4-10-24-19(16)23)25-17-11-13(2)18(12-22)26-21(17)27;1-2/h4-11H,3H2,1-2H3,(H2,23,24);1-2H3. The average Bonchev–Trinajstić information content (AvgIpc) is 3.12. The van der Waals surface area contributed by atoms with Crippen molar-refractivity contribution in [3.05, 3.63) is 65.5 Å². The first-order chi connectivity index (χ1) is 14.1. The molecule has 6 nitrogen and oxygen atoms in total. The number of rotatable bonds is 3. The van der Waals surface area contributed by atoms with Gasteiger partial charge in [-0.2, -0.15) is 5.26 Å². The predicted octanol–water partition coefficient (Wildman–Crippen LogP) is 4.83. The zero-order valence-corrected chi connectivity index (χ0v) is 17.1. The van der Waals surface area contributed by atoms with Gasteiger partial charge < -0.3 is 5.73 Å². The second-order valence-electron chi connectivity index (χ2n) is 6.34. The molecule has 4 rings (SSSR count). The molecule has 0 amide bonds. The summed E-state index contributed by atoms with van der Waals surface area (Å²) in [5.41, 5.74) is 11.5. The number of imidazole rings is 1. The maximum absolute atomic E-state index is 9.40. The predicted molar refractivity (Wildman–Crippen MR) is 117 cm³/mol. The third-order valence-electron chi connectivity index (χ3n) is 4.61. The lowest BCUT2D eigenvalue weighted by molar-refractivity contribution is 1.06. The van der Waals surface area contributed by atoms with Crippen LogP contribution in [-0.2, 0) is 6.42 Å². The quantitative estimate of drug-likeness (QED) is 0.546. The van der Waals surface area contributed by atoms with Crippen molar-refractivity contribution in [2.45, 2.75) is 34.1 Å². The Morgan fingerprint density at radius 1 is 1.10 bits per heavy atom. The summed E-state index contributed by atoms with van der Waals surface area (Å²) >= 11 is 0. The van der Waals surface area contributed by atoms with Crippen LogP contribution in [-0.4, -0.2) is 19.5 Å². The summed E-state index contributed by atoms with van der Waals surface area (Å²) in [7, 11) is 0. The van der Waals surface area contributed by atoms with Crippen LogP contribution in [0.25, 0.3) is 28.2 Å². The van der Waals surface area contributed by atoms with Crippen LogP contribution < -0.4 is 5.73 Å². The molecule has 0 atom stereocenters. The number of nitriles is 1. The summed E-state index contributed by atoms with van der Waals surface area (Å²) < 4.78 is 1.93. The first-order valence-corrected chi connectivity index (χ1v) is 9.72. The number of nitrogens with two attached hydrogens (primary N) is 1. The first kappa shape index (κ1) is 20.0. The van der Waals surface area contributed by atoms with Gasteiger partial charge in [0.2, 0.25) is 0 Å². The fourth-order valence-corrected chi connectivity index (χ4v) is 3.13. The highest BCUT2D eigenvalue weighted by Gasteiger charge is 2.19. The summed E-state index contributed by atoms with van der Waals surface area (Å²) in [6.07, 6.45) is 2.61. The van der Waals surface area contributed by atoms with E-state index in [1.807, 2.05) is 55.7 Å². The van der Waals surface area contributed by atoms with Crippen LogP contribution >= 0.6 is 0 Å². The maximum atomic E-state index is 9.40. The van der Waals surface area contributed by atoms with Crippen molar-refractivity contribution in [2.24, 2.45) is 0 Å². The Morgan fingerprint density at radius 2 is 1.83 bits per heavy atom. The smallest absolute Gasteiger partial charge is 0.166 e. The number of hydrogen-bond donors (Lipinski definition) is 1. The van der Waals surface area contributed by atoms with Gasteiger partial charge in [-0.3, -0.25) is 4.57 Å². The van der Waals surface area contributed by atoms with Crippen molar-refractivity contribution < 1.29 is 0 Å². The van der Waals surface area contributed by atoms with E-state index < -0.39 is 0 Å². The van der Waals surface area contributed by atoms with Crippen LogP contribution in [0.1, 0.15) is 37.6 Å². The van der Waals surface area contributed by atoms with Crippen molar-refractivity contribution in [3.8, 4) is 23.1 Å². The van der Waals surface area contributed by atoms with Crippen molar-refractivity contribution in [1.82, 2.24) is 19.5 Å². The number of nitrogen functional groups attached to an aromatic ring is 1. The number of pyridine rings is 2. The highest BCUT2D eigenvalue weighted by molar-refractivity contribution is 5.83. The van der Waals surface area contributed by atoms with E-state index in [9.17, 15) is 5.26 Å². The summed E-state index contributed by atoms with van der Waals surface area (Å²) in [5.74, 6) is 1.05. The van der Waals surface area contributed by atoms with E-state index in [4.69, 9.17) is 10.7 Å². The number of nitrogens with zero attached hydrogens (tertiary/aromatic N) is 5. The number of aromatic nitrogens is 4. The summed E-state index contributed by atoms with van der Waals surface area (Å²) in [6.45, 7) is 7.98. The molecule has 0 fully saturated rings. The van der Waals surface area contributed by atoms with Crippen molar-refractivity contribution in [3.63, 3.8) is 0 Å². The van der Waals surface area contributed by atoms with Gasteiger partial charge in [0.25, 0.3) is 0 Å². The Hall–Kier alpha value is -3.72. The van der Waals surface area contributed by atoms with Gasteiger partial charge in [0, 0.05) is 11.9 Å². The minimum atomic E-state index is 0.388. The number of anilines is 1. The first-order valence-electron chi connectivity index (χ1n) is 9.72. The molecule has 0 bridgehead atoms. The molecular weight excluding hydrogens is 360 g/mol. The third-order valence-corrected chi connectivity index (χ3v) is 4.61. The van der Waals surface area contributed by atoms with Crippen LogP contribution in [0.4, 0.5) is 5.82 Å². The largest absolute Gasteiger partial charge is 0.383 e. The molecule has 3 heterocycles. The molecule has 1 aromatic carbocycles. The molecule has 0 aliphatic carbocycles. The Kier molecular flexibility index (Phi) is 5.89. The van der Waals surface area contributed by atoms with Crippen LogP contribution in [0.3, 0.4) is 0 Å². The highest BCUT2D eigenvalue weighted by Crippen LogP contribution is 2.31. The van der Waals surface area contributed by atoms with Crippen molar-refractivity contribution in [1.29, 1.82) is 5.26 Å². The van der Waals surface area contributed by atoms with E-state index >= 15 is 0 Å². The maximum Gasteiger partial charge on any atom is 0.166 e. The molecule has 0 saturated carbocycles. The van der Waals surface area contributed by atoms with E-state index in [-0.39, 0.29) is 0 Å². The number of benzene rings is 1. The van der Waals surface area contributed by atoms with E-state index in [2.05, 4.69) is 35.1 Å². The highest BCUT2D eigenvalue weighted by atomic mass is 15.1. The summed E-state index contributed by atoms with van der Waals surface area (Å²) in [5, 5.41) is 9.40. The molecule has 0 aliphatic rings. The Balaban J connectivity index is 0.00000117. The second kappa shape index (κ2) is 8.53. The number of fused-ring (bicyclic) bond motifs is 1. The van der Waals surface area contributed by atoms with Crippen molar-refractivity contribution in [2.75, 3.05) is 5.73 Å². The summed E-state index contributed by atoms with van der Waals surface area (Å²) in [6, 6.07) is 16.0. The molecule has 3 aromatic heterocycles. The Morgan fingerprint density at radius 3 is 2.45 bits per heavy atom. The zero-order valence-electron chi connectivity index (χ0n) is 17.1. The number of hydrogen-bond acceptors (Lipinski definition) is 5. The fourth-order valence-electron chi connectivity index (χ4n) is 3.13. The minimum absolute atomic E-state index is 0.388. The third kappa shape index (κ3) is 3.67. The van der Waals surface area contributed by atoms with Crippen LogP contribution in [0.5, 0.6) is 0 Å². The minimum Gasteiger partial charge on any atom is -0.383 e. The Labute approximate surface area is 170 Å². The van der Waals surface area contributed by atoms with Gasteiger partial charge in [-0.25, -0.2) is 15.0 Å². The molecule has 2 N–H and O–H groups in total. The lowest BCUT2D eigenvalue weighted by Gasteiger charge is -2.11. The van der Waals surface area contributed by atoms with Gasteiger partial charge in [-0.05, 0) is 54.8 Å². The normalized spacial score (nSPS) is 10.3. The van der Waals surface area contributed by atoms with Gasteiger partial charge in [-0.15, -0.1) is 0 Å². The number of aryl methyl sites for hydroxylation is 2. The van der Waals surface area contributed by atoms with Gasteiger partial charge >= 0.3 is 0 Å². The molecule has 0 spiro atoms. The topological polar surface area (TPSA) is 93.4 Å². The van der Waals surface area contributed by atoms with Gasteiger partial charge in [0.15, 0.2) is 11.5 Å². The van der Waals surface area contributed by atoms with Gasteiger partial charge in [0.05, 0.1) is 5.56 Å². The molecule has 29 heavy (non-hydrogen) atoms. The molecule has 0 saturated heterocycles. The molecule has 4 aromatic rings. The average molecular weight is 384 g/mol. The van der Waals surface area contributed by atoms with E-state index in [1.165, 1.54) is 5.56 Å². The second-order valence-corrected chi connectivity index (χ2v) is 6.34. The van der Waals surface area contributed by atoms with E-state index in [1.54, 1.807) is 6.20 Å². The summed E-state index contributed by atoms with van der Waals surface area (Å²) in [4.78, 5) is 13.5. The van der Waals surface area contributed by atoms with E-state index in [0.29, 0.717) is 28.5 Å². The van der Waals surface area contributed by atoms with Crippen molar-refractivity contribution >= 4 is 17.0 Å². The lowest BCUT2D eigenvalue weighted by atomic mass is 10.1. The molecule has 0 radical (unpaired) electrons. The lowest BCUT2D eigenvalue weighted by Crippen LogP contribution is -2.02. The van der Waals surface area contributed by atoms with Gasteiger partial charge in [0.1, 0.15) is 23.1 Å². The molecule has 146 valence electrons. The van der Waals surface area contributed by atoms with Crippen LogP contribution in [0, 0.1) is 18.3 Å². The Bertz CT molecular complexity index is 1180. The van der Waals surface area contributed by atoms with Gasteiger partial charge in [-0.1, -0.05) is 32.9 Å². The van der Waals surface area contributed by atoms with Crippen LogP contribution in [0.15, 0.2) is 48.7 Å². The molecule has 6 heteroatoms. The van der Waals surface area contributed by atoms with Crippen LogP contribution in [0.2, 0.25) is 0 Å². The monoisotopic (exact) mass is 384 g/mol. The van der Waals surface area contributed by atoms with E-state index in [0.717, 1.165) is 23.2 Å². The molecule has 0 unspecified atom stereocenters. The zero-order chi connectivity index (χ0) is 21.0. The fraction of sp³-hybridized carbons (Fsp3) is 0.217. The SMILES string of the molecule is CC.CCc1ccc(-n2c(-c3cccnc3N)nc3cc(C)c(C#N)nc32)cc1. The molecular formula is C23H24N6. The molecule has 0 aliphatic heterocycles.